The van der Waals surface area contributed by atoms with E-state index in [0.29, 0.717) is 0 Å². The molecule has 102 valence electrons. The number of nitrogens with zero attached hydrogens (tertiary/aromatic N) is 1. The van der Waals surface area contributed by atoms with Crippen molar-refractivity contribution in [1.29, 1.82) is 0 Å². The maximum absolute atomic E-state index is 6.02. The van der Waals surface area contributed by atoms with Crippen LogP contribution in [0.15, 0.2) is 12.1 Å². The molecule has 1 aromatic carbocycles. The molecule has 0 saturated carbocycles. The smallest absolute Gasteiger partial charge is 0.124 e. The molecule has 0 radical (unpaired) electrons. The lowest BCUT2D eigenvalue weighted by Crippen LogP contribution is -2.36. The second-order valence-electron chi connectivity index (χ2n) is 5.77. The number of aryl methyl sites for hydroxylation is 2. The van der Waals surface area contributed by atoms with Crippen molar-refractivity contribution < 1.29 is 4.74 Å². The molecule has 2 N–H and O–H groups in total. The van der Waals surface area contributed by atoms with Gasteiger partial charge in [-0.05, 0) is 57.4 Å². The highest BCUT2D eigenvalue weighted by molar-refractivity contribution is 5.56. The SMILES string of the molecule is COc1c(C)cc(N(C)CCC(C)(C)N)cc1C. The first-order valence-corrected chi connectivity index (χ1v) is 6.40. The molecule has 18 heavy (non-hydrogen) atoms. The Morgan fingerprint density at radius 2 is 1.72 bits per heavy atom. The molecule has 0 aliphatic rings. The molecule has 0 unspecified atom stereocenters. The average Bonchev–Trinajstić information content (AvgIpc) is 2.24. The predicted molar refractivity (Wildman–Crippen MR) is 78.6 cm³/mol. The van der Waals surface area contributed by atoms with Gasteiger partial charge in [0.05, 0.1) is 7.11 Å². The Labute approximate surface area is 111 Å². The summed E-state index contributed by atoms with van der Waals surface area (Å²) in [6, 6.07) is 4.32. The lowest BCUT2D eigenvalue weighted by Gasteiger charge is -2.26. The average molecular weight is 250 g/mol. The van der Waals surface area contributed by atoms with Crippen molar-refractivity contribution in [3.8, 4) is 5.75 Å². The van der Waals surface area contributed by atoms with Gasteiger partial charge in [-0.3, -0.25) is 0 Å². The second kappa shape index (κ2) is 5.61. The Kier molecular flexibility index (Phi) is 4.63. The summed E-state index contributed by atoms with van der Waals surface area (Å²) in [7, 11) is 3.82. The molecule has 0 aliphatic carbocycles. The third-order valence-corrected chi connectivity index (χ3v) is 3.18. The summed E-state index contributed by atoms with van der Waals surface area (Å²) in [6.45, 7) is 9.23. The van der Waals surface area contributed by atoms with Gasteiger partial charge in [-0.2, -0.15) is 0 Å². The number of anilines is 1. The van der Waals surface area contributed by atoms with E-state index in [1.165, 1.54) is 16.8 Å². The van der Waals surface area contributed by atoms with Gasteiger partial charge in [-0.25, -0.2) is 0 Å². The minimum Gasteiger partial charge on any atom is -0.496 e. The van der Waals surface area contributed by atoms with Crippen molar-refractivity contribution in [3.05, 3.63) is 23.3 Å². The molecule has 0 fully saturated rings. The molecule has 1 rings (SSSR count). The van der Waals surface area contributed by atoms with E-state index in [1.54, 1.807) is 7.11 Å². The van der Waals surface area contributed by atoms with E-state index in [4.69, 9.17) is 10.5 Å². The van der Waals surface area contributed by atoms with Gasteiger partial charge < -0.3 is 15.4 Å². The molecule has 3 heteroatoms. The van der Waals surface area contributed by atoms with Crippen LogP contribution in [0.4, 0.5) is 5.69 Å². The van der Waals surface area contributed by atoms with Gasteiger partial charge in [0, 0.05) is 24.8 Å². The van der Waals surface area contributed by atoms with Gasteiger partial charge in [0.15, 0.2) is 0 Å². The van der Waals surface area contributed by atoms with Crippen molar-refractivity contribution in [1.82, 2.24) is 0 Å². The summed E-state index contributed by atoms with van der Waals surface area (Å²) in [4.78, 5) is 2.24. The van der Waals surface area contributed by atoms with Gasteiger partial charge >= 0.3 is 0 Å². The monoisotopic (exact) mass is 250 g/mol. The van der Waals surface area contributed by atoms with E-state index in [9.17, 15) is 0 Å². The molecule has 0 bridgehead atoms. The fourth-order valence-corrected chi connectivity index (χ4v) is 2.05. The highest BCUT2D eigenvalue weighted by Gasteiger charge is 2.13. The van der Waals surface area contributed by atoms with Gasteiger partial charge in [-0.15, -0.1) is 0 Å². The van der Waals surface area contributed by atoms with E-state index in [2.05, 4.69) is 51.8 Å². The largest absolute Gasteiger partial charge is 0.496 e. The third kappa shape index (κ3) is 3.91. The Balaban J connectivity index is 2.84. The second-order valence-corrected chi connectivity index (χ2v) is 5.77. The van der Waals surface area contributed by atoms with Crippen LogP contribution in [0.25, 0.3) is 0 Å². The number of ether oxygens (including phenoxy) is 1. The molecule has 0 atom stereocenters. The highest BCUT2D eigenvalue weighted by Crippen LogP contribution is 2.28. The van der Waals surface area contributed by atoms with Gasteiger partial charge in [-0.1, -0.05) is 0 Å². The summed E-state index contributed by atoms with van der Waals surface area (Å²) in [6.07, 6.45) is 0.966. The molecule has 0 aliphatic heterocycles. The van der Waals surface area contributed by atoms with Gasteiger partial charge in [0.25, 0.3) is 0 Å². The Bertz CT molecular complexity index is 384. The van der Waals surface area contributed by atoms with Crippen LogP contribution in [-0.4, -0.2) is 26.2 Å². The minimum absolute atomic E-state index is 0.120. The zero-order valence-corrected chi connectivity index (χ0v) is 12.5. The predicted octanol–water partition coefficient (Wildman–Crippen LogP) is 2.88. The quantitative estimate of drug-likeness (QED) is 0.873. The minimum atomic E-state index is -0.120. The van der Waals surface area contributed by atoms with Crippen LogP contribution in [0, 0.1) is 13.8 Å². The summed E-state index contributed by atoms with van der Waals surface area (Å²) in [5.41, 5.74) is 9.46. The number of nitrogens with two attached hydrogens (primary N) is 1. The van der Waals surface area contributed by atoms with Crippen molar-refractivity contribution >= 4 is 5.69 Å². The molecule has 1 aromatic rings. The number of hydrogen-bond donors (Lipinski definition) is 1. The van der Waals surface area contributed by atoms with Crippen LogP contribution in [0.5, 0.6) is 5.75 Å². The molecule has 0 aromatic heterocycles. The Morgan fingerprint density at radius 1 is 1.22 bits per heavy atom. The number of rotatable bonds is 5. The molecule has 0 spiro atoms. The van der Waals surface area contributed by atoms with E-state index in [-0.39, 0.29) is 5.54 Å². The van der Waals surface area contributed by atoms with E-state index in [1.807, 2.05) is 0 Å². The number of methoxy groups -OCH3 is 1. The molecule has 0 saturated heterocycles. The molecular formula is C15H26N2O. The summed E-state index contributed by atoms with van der Waals surface area (Å²) in [5.74, 6) is 0.978. The zero-order chi connectivity index (χ0) is 13.9. The van der Waals surface area contributed by atoms with Crippen molar-refractivity contribution in [2.24, 2.45) is 5.73 Å². The fourth-order valence-electron chi connectivity index (χ4n) is 2.05. The topological polar surface area (TPSA) is 38.5 Å². The normalized spacial score (nSPS) is 11.5. The number of hydrogen-bond acceptors (Lipinski definition) is 3. The summed E-state index contributed by atoms with van der Waals surface area (Å²) < 4.78 is 5.39. The van der Waals surface area contributed by atoms with Crippen molar-refractivity contribution in [3.63, 3.8) is 0 Å². The third-order valence-electron chi connectivity index (χ3n) is 3.18. The van der Waals surface area contributed by atoms with Gasteiger partial charge in [0.1, 0.15) is 5.75 Å². The Hall–Kier alpha value is -1.22. The van der Waals surface area contributed by atoms with Crippen LogP contribution in [0.1, 0.15) is 31.4 Å². The van der Waals surface area contributed by atoms with Crippen molar-refractivity contribution in [2.45, 2.75) is 39.7 Å². The van der Waals surface area contributed by atoms with Crippen LogP contribution < -0.4 is 15.4 Å². The Morgan fingerprint density at radius 3 is 2.11 bits per heavy atom. The van der Waals surface area contributed by atoms with Gasteiger partial charge in [0.2, 0.25) is 0 Å². The zero-order valence-electron chi connectivity index (χ0n) is 12.5. The first-order chi connectivity index (χ1) is 8.24. The summed E-state index contributed by atoms with van der Waals surface area (Å²) >= 11 is 0. The van der Waals surface area contributed by atoms with Crippen LogP contribution in [-0.2, 0) is 0 Å². The standard InChI is InChI=1S/C15H26N2O/c1-11-9-13(10-12(2)14(11)18-6)17(5)8-7-15(3,4)16/h9-10H,7-8,16H2,1-6H3. The molecule has 0 heterocycles. The molecular weight excluding hydrogens is 224 g/mol. The maximum Gasteiger partial charge on any atom is 0.124 e. The van der Waals surface area contributed by atoms with E-state index in [0.717, 1.165) is 18.7 Å². The van der Waals surface area contributed by atoms with E-state index >= 15 is 0 Å². The first-order valence-electron chi connectivity index (χ1n) is 6.40. The summed E-state index contributed by atoms with van der Waals surface area (Å²) in [5, 5.41) is 0. The van der Waals surface area contributed by atoms with Crippen LogP contribution in [0.2, 0.25) is 0 Å². The highest BCUT2D eigenvalue weighted by atomic mass is 16.5. The van der Waals surface area contributed by atoms with E-state index < -0.39 is 0 Å². The number of benzene rings is 1. The molecule has 0 amide bonds. The van der Waals surface area contributed by atoms with Crippen molar-refractivity contribution in [2.75, 3.05) is 25.6 Å². The van der Waals surface area contributed by atoms with Crippen LogP contribution >= 0.6 is 0 Å². The maximum atomic E-state index is 6.02. The lowest BCUT2D eigenvalue weighted by atomic mass is 10.0. The lowest BCUT2D eigenvalue weighted by molar-refractivity contribution is 0.408. The fraction of sp³-hybridized carbons (Fsp3) is 0.600. The molecule has 3 nitrogen and oxygen atoms in total. The first kappa shape index (κ1) is 14.8. The van der Waals surface area contributed by atoms with Crippen LogP contribution in [0.3, 0.4) is 0 Å².